The lowest BCUT2D eigenvalue weighted by atomic mass is 10.1. The number of nitrogen functional groups attached to an aromatic ring is 1. The third-order valence-electron chi connectivity index (χ3n) is 2.65. The van der Waals surface area contributed by atoms with Gasteiger partial charge in [0.05, 0.1) is 18.6 Å². The van der Waals surface area contributed by atoms with E-state index in [1.54, 1.807) is 13.2 Å². The summed E-state index contributed by atoms with van der Waals surface area (Å²) in [6.07, 6.45) is 1.67. The van der Waals surface area contributed by atoms with Crippen LogP contribution in [0.5, 0.6) is 0 Å². The van der Waals surface area contributed by atoms with Gasteiger partial charge in [0.25, 0.3) is 0 Å². The molecule has 0 radical (unpaired) electrons. The van der Waals surface area contributed by atoms with Crippen molar-refractivity contribution in [1.29, 1.82) is 0 Å². The molecule has 0 fully saturated rings. The summed E-state index contributed by atoms with van der Waals surface area (Å²) < 4.78 is 10.3. The minimum absolute atomic E-state index is 0.343. The van der Waals surface area contributed by atoms with Crippen molar-refractivity contribution in [3.05, 3.63) is 28.5 Å². The topological polar surface area (TPSA) is 65.5 Å². The Morgan fingerprint density at radius 2 is 2.22 bits per heavy atom. The molecule has 5 heteroatoms. The number of thiophene rings is 1. The normalized spacial score (nSPS) is 10.6. The summed E-state index contributed by atoms with van der Waals surface area (Å²) in [5.74, 6) is 0.462. The van der Waals surface area contributed by atoms with Crippen LogP contribution in [-0.4, -0.2) is 12.6 Å². The van der Waals surface area contributed by atoms with Crippen molar-refractivity contribution in [2.45, 2.75) is 20.8 Å². The highest BCUT2D eigenvalue weighted by molar-refractivity contribution is 7.18. The number of carbonyl (C=O) groups is 1. The zero-order chi connectivity index (χ0) is 13.3. The molecule has 0 bridgehead atoms. The Hall–Kier alpha value is -1.75. The molecule has 0 saturated carbocycles. The van der Waals surface area contributed by atoms with Crippen LogP contribution in [0.15, 0.2) is 16.7 Å². The first-order valence-corrected chi connectivity index (χ1v) is 6.47. The van der Waals surface area contributed by atoms with Crippen molar-refractivity contribution in [3.8, 4) is 10.4 Å². The van der Waals surface area contributed by atoms with Crippen molar-refractivity contribution < 1.29 is 13.9 Å². The minimum Gasteiger partial charge on any atom is -0.469 e. The van der Waals surface area contributed by atoms with E-state index in [2.05, 4.69) is 0 Å². The molecule has 2 N–H and O–H groups in total. The number of aryl methyl sites for hydroxylation is 1. The highest BCUT2D eigenvalue weighted by Crippen LogP contribution is 2.39. The van der Waals surface area contributed by atoms with Crippen LogP contribution in [0.3, 0.4) is 0 Å². The summed E-state index contributed by atoms with van der Waals surface area (Å²) in [5, 5.41) is 0. The first-order valence-electron chi connectivity index (χ1n) is 5.66. The van der Waals surface area contributed by atoms with Gasteiger partial charge in [-0.3, -0.25) is 0 Å². The van der Waals surface area contributed by atoms with Gasteiger partial charge in [-0.2, -0.15) is 0 Å². The Kier molecular flexibility index (Phi) is 3.43. The van der Waals surface area contributed by atoms with Crippen LogP contribution < -0.4 is 5.73 Å². The van der Waals surface area contributed by atoms with Gasteiger partial charge in [0.1, 0.15) is 10.6 Å². The lowest BCUT2D eigenvalue weighted by Crippen LogP contribution is -2.05. The number of hydrogen-bond donors (Lipinski definition) is 1. The molecule has 0 aliphatic heterocycles. The first kappa shape index (κ1) is 12.7. The molecule has 0 unspecified atom stereocenters. The van der Waals surface area contributed by atoms with E-state index in [1.165, 1.54) is 11.3 Å². The zero-order valence-corrected chi connectivity index (χ0v) is 11.4. The SMILES string of the molecule is CCOC(=O)c1sc(-c2coc(C)c2)c(C)c1N. The fourth-order valence-corrected chi connectivity index (χ4v) is 2.81. The van der Waals surface area contributed by atoms with E-state index in [9.17, 15) is 4.79 Å². The Bertz CT molecular complexity index is 583. The summed E-state index contributed by atoms with van der Waals surface area (Å²) in [6.45, 7) is 5.89. The van der Waals surface area contributed by atoms with Gasteiger partial charge < -0.3 is 14.9 Å². The Balaban J connectivity index is 2.45. The molecule has 2 rings (SSSR count). The van der Waals surface area contributed by atoms with Crippen LogP contribution in [0.25, 0.3) is 10.4 Å². The molecular weight excluding hydrogens is 250 g/mol. The average molecular weight is 265 g/mol. The Morgan fingerprint density at radius 1 is 1.50 bits per heavy atom. The lowest BCUT2D eigenvalue weighted by molar-refractivity contribution is 0.0533. The fraction of sp³-hybridized carbons (Fsp3) is 0.308. The average Bonchev–Trinajstić information content (AvgIpc) is 2.86. The standard InChI is InChI=1S/C13H15NO3S/c1-4-16-13(15)12-10(14)8(3)11(18-12)9-5-7(2)17-6-9/h5-6H,4,14H2,1-3H3. The van der Waals surface area contributed by atoms with Crippen molar-refractivity contribution in [2.24, 2.45) is 0 Å². The molecule has 18 heavy (non-hydrogen) atoms. The molecule has 2 heterocycles. The lowest BCUT2D eigenvalue weighted by Gasteiger charge is -1.99. The van der Waals surface area contributed by atoms with Crippen LogP contribution in [0.1, 0.15) is 27.9 Å². The maximum absolute atomic E-state index is 11.8. The number of ether oxygens (including phenoxy) is 1. The third-order valence-corrected chi connectivity index (χ3v) is 3.98. The molecule has 0 aliphatic carbocycles. The van der Waals surface area contributed by atoms with Crippen molar-refractivity contribution >= 4 is 23.0 Å². The van der Waals surface area contributed by atoms with Gasteiger partial charge in [0.2, 0.25) is 0 Å². The maximum Gasteiger partial charge on any atom is 0.350 e. The van der Waals surface area contributed by atoms with Gasteiger partial charge >= 0.3 is 5.97 Å². The van der Waals surface area contributed by atoms with Crippen LogP contribution in [-0.2, 0) is 4.74 Å². The number of esters is 1. The van der Waals surface area contributed by atoms with Gasteiger partial charge in [-0.05, 0) is 32.4 Å². The third kappa shape index (κ3) is 2.13. The smallest absolute Gasteiger partial charge is 0.350 e. The number of rotatable bonds is 3. The second kappa shape index (κ2) is 4.86. The van der Waals surface area contributed by atoms with Crippen LogP contribution in [0.2, 0.25) is 0 Å². The van der Waals surface area contributed by atoms with E-state index in [1.807, 2.05) is 19.9 Å². The minimum atomic E-state index is -0.366. The monoisotopic (exact) mass is 265 g/mol. The van der Waals surface area contributed by atoms with E-state index < -0.39 is 0 Å². The van der Waals surface area contributed by atoms with Gasteiger partial charge in [0, 0.05) is 10.4 Å². The largest absolute Gasteiger partial charge is 0.469 e. The van der Waals surface area contributed by atoms with Gasteiger partial charge in [0.15, 0.2) is 0 Å². The molecule has 0 saturated heterocycles. The highest BCUT2D eigenvalue weighted by Gasteiger charge is 2.20. The van der Waals surface area contributed by atoms with Gasteiger partial charge in [-0.15, -0.1) is 11.3 Å². The second-order valence-electron chi connectivity index (χ2n) is 3.97. The number of hydrogen-bond acceptors (Lipinski definition) is 5. The fourth-order valence-electron chi connectivity index (χ4n) is 1.71. The summed E-state index contributed by atoms with van der Waals surface area (Å²) in [4.78, 5) is 13.2. The molecule has 0 aliphatic rings. The molecule has 0 spiro atoms. The zero-order valence-electron chi connectivity index (χ0n) is 10.6. The van der Waals surface area contributed by atoms with E-state index >= 15 is 0 Å². The van der Waals surface area contributed by atoms with Crippen LogP contribution in [0.4, 0.5) is 5.69 Å². The molecule has 0 amide bonds. The molecule has 4 nitrogen and oxygen atoms in total. The molecule has 2 aromatic rings. The van der Waals surface area contributed by atoms with Crippen LogP contribution in [0, 0.1) is 13.8 Å². The number of carbonyl (C=O) groups excluding carboxylic acids is 1. The number of nitrogens with two attached hydrogens (primary N) is 1. The quantitative estimate of drug-likeness (QED) is 0.864. The molecule has 0 aromatic carbocycles. The Morgan fingerprint density at radius 3 is 2.78 bits per heavy atom. The molecule has 96 valence electrons. The van der Waals surface area contributed by atoms with Crippen molar-refractivity contribution in [3.63, 3.8) is 0 Å². The highest BCUT2D eigenvalue weighted by atomic mass is 32.1. The Labute approximate surface area is 109 Å². The predicted octanol–water partition coefficient (Wildman–Crippen LogP) is 3.38. The van der Waals surface area contributed by atoms with E-state index in [4.69, 9.17) is 14.9 Å². The molecule has 0 atom stereocenters. The molecular formula is C13H15NO3S. The summed E-state index contributed by atoms with van der Waals surface area (Å²) in [6, 6.07) is 1.92. The molecule has 2 aromatic heterocycles. The van der Waals surface area contributed by atoms with Crippen molar-refractivity contribution in [2.75, 3.05) is 12.3 Å². The summed E-state index contributed by atoms with van der Waals surface area (Å²) in [5.41, 5.74) is 8.28. The summed E-state index contributed by atoms with van der Waals surface area (Å²) >= 11 is 1.34. The van der Waals surface area contributed by atoms with E-state index in [-0.39, 0.29) is 5.97 Å². The maximum atomic E-state index is 11.8. The van der Waals surface area contributed by atoms with Gasteiger partial charge in [-0.1, -0.05) is 0 Å². The van der Waals surface area contributed by atoms with Crippen molar-refractivity contribution in [1.82, 2.24) is 0 Å². The predicted molar refractivity (Wildman–Crippen MR) is 71.9 cm³/mol. The first-order chi connectivity index (χ1) is 8.54. The number of anilines is 1. The van der Waals surface area contributed by atoms with Gasteiger partial charge in [-0.25, -0.2) is 4.79 Å². The van der Waals surface area contributed by atoms with E-state index in [0.29, 0.717) is 17.2 Å². The summed E-state index contributed by atoms with van der Waals surface area (Å²) in [7, 11) is 0. The second-order valence-corrected chi connectivity index (χ2v) is 4.99. The van der Waals surface area contributed by atoms with E-state index in [0.717, 1.165) is 21.8 Å². The van der Waals surface area contributed by atoms with Crippen LogP contribution >= 0.6 is 11.3 Å². The number of furan rings is 1.